The highest BCUT2D eigenvalue weighted by Crippen LogP contribution is 2.37. The van der Waals surface area contributed by atoms with E-state index in [4.69, 9.17) is 10.5 Å². The van der Waals surface area contributed by atoms with Gasteiger partial charge in [0.1, 0.15) is 5.75 Å². The summed E-state index contributed by atoms with van der Waals surface area (Å²) in [5.41, 5.74) is 9.17. The summed E-state index contributed by atoms with van der Waals surface area (Å²) in [6.07, 6.45) is 0. The van der Waals surface area contributed by atoms with E-state index in [1.54, 1.807) is 7.11 Å². The van der Waals surface area contributed by atoms with Crippen LogP contribution in [0.4, 0.5) is 5.69 Å². The molecule has 0 bridgehead atoms. The first-order valence-corrected chi connectivity index (χ1v) is 5.45. The van der Waals surface area contributed by atoms with E-state index < -0.39 is 0 Å². The summed E-state index contributed by atoms with van der Waals surface area (Å²) in [4.78, 5) is 0. The zero-order chi connectivity index (χ0) is 11.6. The highest BCUT2D eigenvalue weighted by molar-refractivity contribution is 5.59. The molecule has 0 aromatic heterocycles. The Bertz CT molecular complexity index is 343. The summed E-state index contributed by atoms with van der Waals surface area (Å²) in [6, 6.07) is 4.04. The minimum atomic E-state index is 0.388. The summed E-state index contributed by atoms with van der Waals surface area (Å²) >= 11 is 0. The number of nitrogens with two attached hydrogens (primary N) is 1. The van der Waals surface area contributed by atoms with Crippen LogP contribution in [0.2, 0.25) is 0 Å². The van der Waals surface area contributed by atoms with Crippen molar-refractivity contribution >= 4 is 5.69 Å². The van der Waals surface area contributed by atoms with Crippen LogP contribution in [0.25, 0.3) is 0 Å². The highest BCUT2D eigenvalue weighted by Gasteiger charge is 2.16. The molecule has 2 N–H and O–H groups in total. The second-order valence-electron chi connectivity index (χ2n) is 4.50. The van der Waals surface area contributed by atoms with Gasteiger partial charge in [0.25, 0.3) is 0 Å². The molecule has 84 valence electrons. The Morgan fingerprint density at radius 3 is 2.07 bits per heavy atom. The van der Waals surface area contributed by atoms with Gasteiger partial charge in [-0.1, -0.05) is 33.8 Å². The van der Waals surface area contributed by atoms with E-state index in [2.05, 4.69) is 33.8 Å². The molecule has 1 aromatic carbocycles. The number of anilines is 1. The maximum absolute atomic E-state index is 5.99. The van der Waals surface area contributed by atoms with Crippen molar-refractivity contribution in [3.8, 4) is 5.75 Å². The van der Waals surface area contributed by atoms with E-state index in [9.17, 15) is 0 Å². The third kappa shape index (κ3) is 2.25. The topological polar surface area (TPSA) is 35.2 Å². The van der Waals surface area contributed by atoms with Crippen molar-refractivity contribution < 1.29 is 4.74 Å². The lowest BCUT2D eigenvalue weighted by molar-refractivity contribution is 0.400. The largest absolute Gasteiger partial charge is 0.496 e. The maximum atomic E-state index is 5.99. The molecular weight excluding hydrogens is 186 g/mol. The fourth-order valence-corrected chi connectivity index (χ4v) is 1.91. The lowest BCUT2D eigenvalue weighted by Gasteiger charge is -2.19. The van der Waals surface area contributed by atoms with Crippen LogP contribution >= 0.6 is 0 Å². The van der Waals surface area contributed by atoms with Gasteiger partial charge in [-0.3, -0.25) is 0 Å². The molecule has 0 aliphatic rings. The van der Waals surface area contributed by atoms with Crippen molar-refractivity contribution in [2.24, 2.45) is 0 Å². The third-order valence-electron chi connectivity index (χ3n) is 2.66. The van der Waals surface area contributed by atoms with Gasteiger partial charge in [-0.25, -0.2) is 0 Å². The van der Waals surface area contributed by atoms with Crippen molar-refractivity contribution in [1.82, 2.24) is 0 Å². The SMILES string of the molecule is COc1c(C(C)C)ccc(N)c1C(C)C. The van der Waals surface area contributed by atoms with Crippen molar-refractivity contribution in [2.45, 2.75) is 39.5 Å². The normalized spacial score (nSPS) is 11.1. The number of ether oxygens (including phenoxy) is 1. The minimum Gasteiger partial charge on any atom is -0.496 e. The van der Waals surface area contributed by atoms with E-state index >= 15 is 0 Å². The Kier molecular flexibility index (Phi) is 3.61. The fourth-order valence-electron chi connectivity index (χ4n) is 1.91. The number of benzene rings is 1. The van der Waals surface area contributed by atoms with Gasteiger partial charge < -0.3 is 10.5 Å². The number of hydrogen-bond acceptors (Lipinski definition) is 2. The van der Waals surface area contributed by atoms with Crippen molar-refractivity contribution in [1.29, 1.82) is 0 Å². The summed E-state index contributed by atoms with van der Waals surface area (Å²) in [5, 5.41) is 0. The zero-order valence-corrected chi connectivity index (χ0v) is 10.3. The van der Waals surface area contributed by atoms with Crippen LogP contribution in [-0.4, -0.2) is 7.11 Å². The molecule has 0 atom stereocenters. The molecule has 0 unspecified atom stereocenters. The van der Waals surface area contributed by atoms with E-state index in [0.717, 1.165) is 17.0 Å². The first kappa shape index (κ1) is 11.9. The number of nitrogen functional groups attached to an aromatic ring is 1. The predicted octanol–water partition coefficient (Wildman–Crippen LogP) is 3.52. The van der Waals surface area contributed by atoms with Gasteiger partial charge in [0, 0.05) is 11.3 Å². The predicted molar refractivity (Wildman–Crippen MR) is 65.6 cm³/mol. The standard InChI is InChI=1S/C13H21NO/c1-8(2)10-6-7-11(14)12(9(3)4)13(10)15-5/h6-9H,14H2,1-5H3. The van der Waals surface area contributed by atoms with Gasteiger partial charge >= 0.3 is 0 Å². The minimum absolute atomic E-state index is 0.388. The molecule has 15 heavy (non-hydrogen) atoms. The number of rotatable bonds is 3. The Morgan fingerprint density at radius 2 is 1.67 bits per heavy atom. The monoisotopic (exact) mass is 207 g/mol. The molecule has 2 nitrogen and oxygen atoms in total. The lowest BCUT2D eigenvalue weighted by atomic mass is 9.92. The summed E-state index contributed by atoms with van der Waals surface area (Å²) < 4.78 is 5.50. The van der Waals surface area contributed by atoms with Gasteiger partial charge in [-0.2, -0.15) is 0 Å². The molecule has 0 fully saturated rings. The average molecular weight is 207 g/mol. The molecule has 0 saturated heterocycles. The molecule has 0 heterocycles. The molecule has 1 aromatic rings. The summed E-state index contributed by atoms with van der Waals surface area (Å²) in [7, 11) is 1.71. The van der Waals surface area contributed by atoms with Crippen molar-refractivity contribution in [2.75, 3.05) is 12.8 Å². The van der Waals surface area contributed by atoms with Gasteiger partial charge in [-0.15, -0.1) is 0 Å². The summed E-state index contributed by atoms with van der Waals surface area (Å²) in [6.45, 7) is 8.60. The van der Waals surface area contributed by atoms with Crippen LogP contribution in [0.5, 0.6) is 5.75 Å². The molecule has 0 aliphatic carbocycles. The van der Waals surface area contributed by atoms with Crippen LogP contribution in [0, 0.1) is 0 Å². The van der Waals surface area contributed by atoms with Crippen molar-refractivity contribution in [3.05, 3.63) is 23.3 Å². The first-order chi connectivity index (χ1) is 6.99. The van der Waals surface area contributed by atoms with Gasteiger partial charge in [-0.05, 0) is 23.5 Å². The molecule has 0 spiro atoms. The summed E-state index contributed by atoms with van der Waals surface area (Å²) in [5.74, 6) is 1.80. The Balaban J connectivity index is 3.40. The second-order valence-corrected chi connectivity index (χ2v) is 4.50. The van der Waals surface area contributed by atoms with E-state index in [1.165, 1.54) is 5.56 Å². The number of methoxy groups -OCH3 is 1. The molecule has 0 saturated carbocycles. The fraction of sp³-hybridized carbons (Fsp3) is 0.538. The Labute approximate surface area is 92.4 Å². The molecule has 2 heteroatoms. The maximum Gasteiger partial charge on any atom is 0.127 e. The smallest absolute Gasteiger partial charge is 0.127 e. The Morgan fingerprint density at radius 1 is 1.07 bits per heavy atom. The lowest BCUT2D eigenvalue weighted by Crippen LogP contribution is -2.04. The zero-order valence-electron chi connectivity index (χ0n) is 10.3. The highest BCUT2D eigenvalue weighted by atomic mass is 16.5. The quantitative estimate of drug-likeness (QED) is 0.770. The molecule has 0 aliphatic heterocycles. The van der Waals surface area contributed by atoms with Gasteiger partial charge in [0.15, 0.2) is 0 Å². The van der Waals surface area contributed by atoms with Gasteiger partial charge in [0.2, 0.25) is 0 Å². The van der Waals surface area contributed by atoms with Gasteiger partial charge in [0.05, 0.1) is 7.11 Å². The molecular formula is C13H21NO. The molecule has 0 amide bonds. The van der Waals surface area contributed by atoms with Crippen LogP contribution in [0.1, 0.15) is 50.7 Å². The van der Waals surface area contributed by atoms with Crippen LogP contribution in [0.3, 0.4) is 0 Å². The first-order valence-electron chi connectivity index (χ1n) is 5.45. The number of hydrogen-bond donors (Lipinski definition) is 1. The Hall–Kier alpha value is -1.18. The molecule has 0 radical (unpaired) electrons. The van der Waals surface area contributed by atoms with E-state index in [0.29, 0.717) is 11.8 Å². The van der Waals surface area contributed by atoms with Crippen LogP contribution in [-0.2, 0) is 0 Å². The van der Waals surface area contributed by atoms with Crippen LogP contribution < -0.4 is 10.5 Å². The van der Waals surface area contributed by atoms with E-state index in [-0.39, 0.29) is 0 Å². The van der Waals surface area contributed by atoms with Crippen LogP contribution in [0.15, 0.2) is 12.1 Å². The van der Waals surface area contributed by atoms with Crippen molar-refractivity contribution in [3.63, 3.8) is 0 Å². The second kappa shape index (κ2) is 4.56. The van der Waals surface area contributed by atoms with E-state index in [1.807, 2.05) is 6.07 Å². The average Bonchev–Trinajstić information content (AvgIpc) is 2.15. The molecule has 1 rings (SSSR count). The third-order valence-corrected chi connectivity index (χ3v) is 2.66.